The molecule has 0 radical (unpaired) electrons. The average Bonchev–Trinajstić information content (AvgIpc) is 2.46. The first-order chi connectivity index (χ1) is 11.6. The zero-order valence-corrected chi connectivity index (χ0v) is 16.1. The van der Waals surface area contributed by atoms with Gasteiger partial charge in [-0.2, -0.15) is 0 Å². The molecule has 2 aromatic carbocycles. The van der Waals surface area contributed by atoms with E-state index >= 15 is 0 Å². The van der Waals surface area contributed by atoms with Crippen molar-refractivity contribution >= 4 is 27.3 Å². The molecule has 0 saturated carbocycles. The molecule has 0 aromatic heterocycles. The van der Waals surface area contributed by atoms with Crippen LogP contribution in [0.2, 0.25) is 0 Å². The highest BCUT2D eigenvalue weighted by molar-refractivity contribution is 7.92. The average molecular weight is 360 g/mol. The number of nitrogens with zero attached hydrogens (tertiary/aromatic N) is 1. The summed E-state index contributed by atoms with van der Waals surface area (Å²) in [5.41, 5.74) is 4.87. The molecule has 1 amide bonds. The van der Waals surface area contributed by atoms with Crippen LogP contribution in [0.4, 0.5) is 11.4 Å². The lowest BCUT2D eigenvalue weighted by Crippen LogP contribution is -2.38. The number of anilines is 2. The Balaban J connectivity index is 2.35. The number of aryl methyl sites for hydroxylation is 4. The largest absolute Gasteiger partial charge is 0.324 e. The molecule has 0 saturated heterocycles. The van der Waals surface area contributed by atoms with E-state index in [1.165, 1.54) is 4.31 Å². The molecule has 0 fully saturated rings. The third-order valence-corrected chi connectivity index (χ3v) is 5.10. The summed E-state index contributed by atoms with van der Waals surface area (Å²) in [6, 6.07) is 11.2. The molecule has 2 aromatic rings. The minimum atomic E-state index is -3.60. The predicted molar refractivity (Wildman–Crippen MR) is 103 cm³/mol. The number of para-hydroxylation sites is 1. The lowest BCUT2D eigenvalue weighted by atomic mass is 10.1. The lowest BCUT2D eigenvalue weighted by Gasteiger charge is -2.26. The van der Waals surface area contributed by atoms with Crippen molar-refractivity contribution < 1.29 is 13.2 Å². The van der Waals surface area contributed by atoms with Gasteiger partial charge in [0.1, 0.15) is 6.54 Å². The quantitative estimate of drug-likeness (QED) is 0.889. The molecule has 25 heavy (non-hydrogen) atoms. The van der Waals surface area contributed by atoms with Crippen molar-refractivity contribution in [3.63, 3.8) is 0 Å². The summed E-state index contributed by atoms with van der Waals surface area (Å²) in [6.07, 6.45) is 1.12. The molecular weight excluding hydrogens is 336 g/mol. The first kappa shape index (κ1) is 19.0. The maximum absolute atomic E-state index is 12.5. The smallest absolute Gasteiger partial charge is 0.245 e. The third kappa shape index (κ3) is 4.60. The van der Waals surface area contributed by atoms with E-state index in [2.05, 4.69) is 5.32 Å². The lowest BCUT2D eigenvalue weighted by molar-refractivity contribution is -0.114. The topological polar surface area (TPSA) is 66.5 Å². The normalized spacial score (nSPS) is 11.2. The van der Waals surface area contributed by atoms with Crippen LogP contribution in [0.1, 0.15) is 22.3 Å². The van der Waals surface area contributed by atoms with E-state index in [1.54, 1.807) is 6.07 Å². The van der Waals surface area contributed by atoms with Crippen LogP contribution in [0.15, 0.2) is 36.4 Å². The van der Waals surface area contributed by atoms with Crippen LogP contribution in [0.25, 0.3) is 0 Å². The van der Waals surface area contributed by atoms with E-state index in [-0.39, 0.29) is 12.5 Å². The van der Waals surface area contributed by atoms with Gasteiger partial charge in [-0.15, -0.1) is 0 Å². The molecule has 0 spiro atoms. The van der Waals surface area contributed by atoms with Crippen LogP contribution in [0.3, 0.4) is 0 Å². The number of amides is 1. The number of carbonyl (C=O) groups excluding carboxylic acids is 1. The van der Waals surface area contributed by atoms with Crippen molar-refractivity contribution in [2.75, 3.05) is 22.4 Å². The predicted octanol–water partition coefficient (Wildman–Crippen LogP) is 3.32. The molecule has 5 nitrogen and oxygen atoms in total. The molecule has 0 atom stereocenters. The summed E-state index contributed by atoms with van der Waals surface area (Å²) in [5, 5.41) is 2.79. The van der Waals surface area contributed by atoms with Crippen molar-refractivity contribution in [2.24, 2.45) is 0 Å². The number of nitrogens with one attached hydrogen (secondary N) is 1. The van der Waals surface area contributed by atoms with Crippen molar-refractivity contribution in [3.8, 4) is 0 Å². The van der Waals surface area contributed by atoms with Gasteiger partial charge in [0, 0.05) is 5.69 Å². The van der Waals surface area contributed by atoms with Crippen LogP contribution in [0.5, 0.6) is 0 Å². The number of benzene rings is 2. The zero-order valence-electron chi connectivity index (χ0n) is 15.3. The Bertz CT molecular complexity index is 882. The highest BCUT2D eigenvalue weighted by Crippen LogP contribution is 2.28. The summed E-state index contributed by atoms with van der Waals surface area (Å²) in [7, 11) is -3.60. The Kier molecular flexibility index (Phi) is 5.52. The second-order valence-electron chi connectivity index (χ2n) is 6.38. The summed E-state index contributed by atoms with van der Waals surface area (Å²) in [6.45, 7) is 7.29. The summed E-state index contributed by atoms with van der Waals surface area (Å²) in [4.78, 5) is 12.5. The van der Waals surface area contributed by atoms with Crippen molar-refractivity contribution in [3.05, 3.63) is 58.7 Å². The van der Waals surface area contributed by atoms with E-state index in [0.29, 0.717) is 11.4 Å². The van der Waals surface area contributed by atoms with Crippen molar-refractivity contribution in [1.82, 2.24) is 0 Å². The van der Waals surface area contributed by atoms with Crippen LogP contribution in [-0.4, -0.2) is 27.1 Å². The molecule has 134 valence electrons. The maximum atomic E-state index is 12.5. The molecular formula is C19H24N2O3S. The van der Waals surface area contributed by atoms with Gasteiger partial charge < -0.3 is 5.32 Å². The highest BCUT2D eigenvalue weighted by Gasteiger charge is 2.24. The molecule has 0 bridgehead atoms. The Hall–Kier alpha value is -2.34. The van der Waals surface area contributed by atoms with E-state index in [4.69, 9.17) is 0 Å². The third-order valence-electron chi connectivity index (χ3n) is 3.99. The number of hydrogen-bond donors (Lipinski definition) is 1. The van der Waals surface area contributed by atoms with E-state index in [0.717, 1.165) is 28.5 Å². The number of rotatable bonds is 5. The van der Waals surface area contributed by atoms with Crippen LogP contribution in [0, 0.1) is 27.7 Å². The summed E-state index contributed by atoms with van der Waals surface area (Å²) in [5.74, 6) is -0.376. The molecule has 6 heteroatoms. The minimum Gasteiger partial charge on any atom is -0.324 e. The Morgan fingerprint density at radius 3 is 2.08 bits per heavy atom. The van der Waals surface area contributed by atoms with Gasteiger partial charge in [0.25, 0.3) is 0 Å². The molecule has 0 aliphatic carbocycles. The highest BCUT2D eigenvalue weighted by atomic mass is 32.2. The second kappa shape index (κ2) is 7.27. The molecule has 0 aliphatic rings. The fourth-order valence-corrected chi connectivity index (χ4v) is 3.93. The number of hydrogen-bond acceptors (Lipinski definition) is 3. The first-order valence-corrected chi connectivity index (χ1v) is 9.85. The SMILES string of the molecule is Cc1cc(C)c(N(CC(=O)Nc2ccccc2C)S(C)(=O)=O)c(C)c1. The zero-order chi connectivity index (χ0) is 18.8. The Labute approximate surface area is 149 Å². The molecule has 2 rings (SSSR count). The second-order valence-corrected chi connectivity index (χ2v) is 8.29. The van der Waals surface area contributed by atoms with Gasteiger partial charge in [-0.3, -0.25) is 9.10 Å². The first-order valence-electron chi connectivity index (χ1n) is 8.00. The monoisotopic (exact) mass is 360 g/mol. The standard InChI is InChI=1S/C19H24N2O3S/c1-13-10-15(3)19(16(4)11-13)21(25(5,23)24)12-18(22)20-17-9-7-6-8-14(17)2/h6-11H,12H2,1-5H3,(H,20,22). The molecule has 1 N–H and O–H groups in total. The van der Waals surface area contributed by atoms with Gasteiger partial charge in [-0.1, -0.05) is 35.9 Å². The molecule has 0 aliphatic heterocycles. The van der Waals surface area contributed by atoms with Crippen LogP contribution in [-0.2, 0) is 14.8 Å². The van der Waals surface area contributed by atoms with Gasteiger partial charge in [-0.25, -0.2) is 8.42 Å². The van der Waals surface area contributed by atoms with Crippen LogP contribution < -0.4 is 9.62 Å². The number of sulfonamides is 1. The van der Waals surface area contributed by atoms with E-state index < -0.39 is 10.0 Å². The Morgan fingerprint density at radius 2 is 1.56 bits per heavy atom. The fraction of sp³-hybridized carbons (Fsp3) is 0.316. The number of carbonyl (C=O) groups is 1. The van der Waals surface area contributed by atoms with Crippen LogP contribution >= 0.6 is 0 Å². The van der Waals surface area contributed by atoms with Gasteiger partial charge in [0.15, 0.2) is 0 Å². The van der Waals surface area contributed by atoms with Crippen molar-refractivity contribution in [1.29, 1.82) is 0 Å². The molecule has 0 unspecified atom stereocenters. The van der Waals surface area contributed by atoms with E-state index in [1.807, 2.05) is 58.0 Å². The summed E-state index contributed by atoms with van der Waals surface area (Å²) >= 11 is 0. The van der Waals surface area contributed by atoms with Crippen molar-refractivity contribution in [2.45, 2.75) is 27.7 Å². The van der Waals surface area contributed by atoms with E-state index in [9.17, 15) is 13.2 Å². The van der Waals surface area contributed by atoms with Gasteiger partial charge in [0.2, 0.25) is 15.9 Å². The summed E-state index contributed by atoms with van der Waals surface area (Å²) < 4.78 is 25.8. The Morgan fingerprint density at radius 1 is 1.00 bits per heavy atom. The van der Waals surface area contributed by atoms with Gasteiger partial charge in [-0.05, 0) is 50.5 Å². The minimum absolute atomic E-state index is 0.266. The molecule has 0 heterocycles. The van der Waals surface area contributed by atoms with Gasteiger partial charge >= 0.3 is 0 Å². The maximum Gasteiger partial charge on any atom is 0.245 e. The fourth-order valence-electron chi connectivity index (χ4n) is 2.96. The van der Waals surface area contributed by atoms with Gasteiger partial charge in [0.05, 0.1) is 11.9 Å².